The predicted octanol–water partition coefficient (Wildman–Crippen LogP) is 2.73. The van der Waals surface area contributed by atoms with Gasteiger partial charge in [-0.25, -0.2) is 8.42 Å². The zero-order chi connectivity index (χ0) is 18.9. The molecule has 1 aromatic carbocycles. The van der Waals surface area contributed by atoms with Gasteiger partial charge in [0.25, 0.3) is 5.91 Å². The Morgan fingerprint density at radius 1 is 1.12 bits per heavy atom. The van der Waals surface area contributed by atoms with Gasteiger partial charge >= 0.3 is 5.97 Å². The lowest BCUT2D eigenvalue weighted by Crippen LogP contribution is -2.48. The molecule has 2 fully saturated rings. The van der Waals surface area contributed by atoms with E-state index in [1.165, 1.54) is 24.3 Å². The fraction of sp³-hybridized carbons (Fsp3) is 0.579. The van der Waals surface area contributed by atoms with Crippen molar-refractivity contribution in [3.8, 4) is 0 Å². The van der Waals surface area contributed by atoms with Crippen molar-refractivity contribution in [2.75, 3.05) is 13.1 Å². The van der Waals surface area contributed by atoms with Crippen LogP contribution in [-0.4, -0.2) is 48.6 Å². The lowest BCUT2D eigenvalue weighted by molar-refractivity contribution is -0.150. The number of piperidine rings is 1. The minimum absolute atomic E-state index is 0.170. The van der Waals surface area contributed by atoms with Crippen LogP contribution >= 0.6 is 0 Å². The average Bonchev–Trinajstić information content (AvgIpc) is 3.17. The molecule has 1 saturated heterocycles. The number of aliphatic carboxylic acids is 1. The first-order chi connectivity index (χ1) is 12.2. The first kappa shape index (κ1) is 18.9. The molecule has 1 amide bonds. The number of sulfone groups is 1. The summed E-state index contributed by atoms with van der Waals surface area (Å²) < 4.78 is 25.2. The maximum Gasteiger partial charge on any atom is 0.311 e. The Hall–Kier alpha value is -1.89. The smallest absolute Gasteiger partial charge is 0.311 e. The summed E-state index contributed by atoms with van der Waals surface area (Å²) >= 11 is 0. The summed E-state index contributed by atoms with van der Waals surface area (Å²) in [6.45, 7) is 2.35. The third-order valence-electron chi connectivity index (χ3n) is 5.67. The fourth-order valence-electron chi connectivity index (χ4n) is 3.95. The molecule has 1 aliphatic heterocycles. The van der Waals surface area contributed by atoms with Crippen molar-refractivity contribution < 1.29 is 23.1 Å². The highest BCUT2D eigenvalue weighted by Gasteiger charge is 2.39. The van der Waals surface area contributed by atoms with Gasteiger partial charge in [0.15, 0.2) is 9.84 Å². The lowest BCUT2D eigenvalue weighted by Gasteiger charge is -2.37. The Kier molecular flexibility index (Phi) is 5.10. The summed E-state index contributed by atoms with van der Waals surface area (Å²) in [6.07, 6.45) is 4.47. The quantitative estimate of drug-likeness (QED) is 0.868. The third-order valence-corrected chi connectivity index (χ3v) is 7.95. The number of carboxylic acid groups (broad SMARTS) is 1. The summed E-state index contributed by atoms with van der Waals surface area (Å²) in [6, 6.07) is 6.08. The van der Waals surface area contributed by atoms with Gasteiger partial charge in [0.05, 0.1) is 15.6 Å². The topological polar surface area (TPSA) is 91.8 Å². The SMILES string of the molecule is CC1(C(=O)O)CCCN(C(=O)c2ccc(S(=O)(=O)C3CCCC3)cc2)C1. The van der Waals surface area contributed by atoms with Gasteiger partial charge in [-0.3, -0.25) is 9.59 Å². The van der Waals surface area contributed by atoms with E-state index in [0.29, 0.717) is 37.8 Å². The molecular formula is C19H25NO5S. The second-order valence-corrected chi connectivity index (χ2v) is 9.90. The molecule has 1 atom stereocenters. The van der Waals surface area contributed by atoms with Crippen LogP contribution < -0.4 is 0 Å². The Balaban J connectivity index is 1.76. The number of hydrogen-bond acceptors (Lipinski definition) is 4. The number of likely N-dealkylation sites (tertiary alicyclic amines) is 1. The Morgan fingerprint density at radius 3 is 2.31 bits per heavy atom. The zero-order valence-corrected chi connectivity index (χ0v) is 15.8. The molecule has 142 valence electrons. The monoisotopic (exact) mass is 379 g/mol. The molecule has 26 heavy (non-hydrogen) atoms. The minimum Gasteiger partial charge on any atom is -0.481 e. The number of carbonyl (C=O) groups excluding carboxylic acids is 1. The molecule has 1 aliphatic carbocycles. The van der Waals surface area contributed by atoms with Crippen molar-refractivity contribution in [3.05, 3.63) is 29.8 Å². The maximum absolute atomic E-state index is 12.7. The fourth-order valence-corrected chi connectivity index (χ4v) is 5.80. The number of benzene rings is 1. The van der Waals surface area contributed by atoms with Gasteiger partial charge in [0.1, 0.15) is 0 Å². The van der Waals surface area contributed by atoms with Crippen LogP contribution in [0.3, 0.4) is 0 Å². The summed E-state index contributed by atoms with van der Waals surface area (Å²) in [5, 5.41) is 9.08. The van der Waals surface area contributed by atoms with Crippen molar-refractivity contribution in [2.24, 2.45) is 5.41 Å². The summed E-state index contributed by atoms with van der Waals surface area (Å²) in [7, 11) is -3.34. The Bertz CT molecular complexity index is 796. The van der Waals surface area contributed by atoms with Gasteiger partial charge in [0, 0.05) is 18.7 Å². The van der Waals surface area contributed by atoms with Crippen molar-refractivity contribution in [1.82, 2.24) is 4.90 Å². The molecule has 0 spiro atoms. The Labute approximate surface area is 154 Å². The average molecular weight is 379 g/mol. The van der Waals surface area contributed by atoms with Gasteiger partial charge in [-0.1, -0.05) is 12.8 Å². The summed E-state index contributed by atoms with van der Waals surface area (Å²) in [4.78, 5) is 26.0. The van der Waals surface area contributed by atoms with Gasteiger partial charge in [-0.15, -0.1) is 0 Å². The maximum atomic E-state index is 12.7. The van der Waals surface area contributed by atoms with E-state index in [2.05, 4.69) is 0 Å². The van der Waals surface area contributed by atoms with E-state index in [0.717, 1.165) is 12.8 Å². The highest BCUT2D eigenvalue weighted by molar-refractivity contribution is 7.92. The largest absolute Gasteiger partial charge is 0.481 e. The Morgan fingerprint density at radius 2 is 1.73 bits per heavy atom. The molecule has 1 aromatic rings. The van der Waals surface area contributed by atoms with E-state index in [1.54, 1.807) is 11.8 Å². The highest BCUT2D eigenvalue weighted by Crippen LogP contribution is 2.32. The van der Waals surface area contributed by atoms with Crippen LogP contribution in [-0.2, 0) is 14.6 Å². The number of carbonyl (C=O) groups is 2. The highest BCUT2D eigenvalue weighted by atomic mass is 32.2. The van der Waals surface area contributed by atoms with Crippen molar-refractivity contribution >= 4 is 21.7 Å². The predicted molar refractivity (Wildman–Crippen MR) is 96.8 cm³/mol. The zero-order valence-electron chi connectivity index (χ0n) is 15.0. The molecule has 3 rings (SSSR count). The van der Waals surface area contributed by atoms with Gasteiger partial charge < -0.3 is 10.0 Å². The van der Waals surface area contributed by atoms with Gasteiger partial charge in [-0.2, -0.15) is 0 Å². The molecule has 2 aliphatic rings. The van der Waals surface area contributed by atoms with E-state index in [9.17, 15) is 23.1 Å². The molecule has 7 heteroatoms. The molecule has 6 nitrogen and oxygen atoms in total. The second kappa shape index (κ2) is 7.02. The molecular weight excluding hydrogens is 354 g/mol. The van der Waals surface area contributed by atoms with Crippen LogP contribution in [0.2, 0.25) is 0 Å². The molecule has 1 N–H and O–H groups in total. The molecule has 1 heterocycles. The van der Waals surface area contributed by atoms with Gasteiger partial charge in [0.2, 0.25) is 0 Å². The van der Waals surface area contributed by atoms with Crippen molar-refractivity contribution in [3.63, 3.8) is 0 Å². The van der Waals surface area contributed by atoms with E-state index >= 15 is 0 Å². The molecule has 1 unspecified atom stereocenters. The van der Waals surface area contributed by atoms with Crippen LogP contribution in [0.1, 0.15) is 55.8 Å². The number of nitrogens with zero attached hydrogens (tertiary/aromatic N) is 1. The standard InChI is InChI=1S/C19H25NO5S/c1-19(18(22)23)11-4-12-20(13-19)17(21)14-7-9-16(10-8-14)26(24,25)15-5-2-3-6-15/h7-10,15H,2-6,11-13H2,1H3,(H,22,23). The lowest BCUT2D eigenvalue weighted by atomic mass is 9.82. The van der Waals surface area contributed by atoms with Crippen LogP contribution in [0.25, 0.3) is 0 Å². The van der Waals surface area contributed by atoms with E-state index in [1.807, 2.05) is 0 Å². The number of amides is 1. The molecule has 0 bridgehead atoms. The van der Waals surface area contributed by atoms with Gasteiger partial charge in [-0.05, 0) is 56.9 Å². The first-order valence-electron chi connectivity index (χ1n) is 9.11. The number of carboxylic acids is 1. The minimum atomic E-state index is -3.34. The van der Waals surface area contributed by atoms with E-state index < -0.39 is 21.2 Å². The van der Waals surface area contributed by atoms with Crippen LogP contribution in [0.5, 0.6) is 0 Å². The van der Waals surface area contributed by atoms with Crippen LogP contribution in [0, 0.1) is 5.41 Å². The number of hydrogen-bond donors (Lipinski definition) is 1. The van der Waals surface area contributed by atoms with Crippen molar-refractivity contribution in [1.29, 1.82) is 0 Å². The van der Waals surface area contributed by atoms with Crippen LogP contribution in [0.15, 0.2) is 29.2 Å². The molecule has 1 saturated carbocycles. The molecule has 0 radical (unpaired) electrons. The number of rotatable bonds is 4. The van der Waals surface area contributed by atoms with Crippen LogP contribution in [0.4, 0.5) is 0 Å². The summed E-state index contributed by atoms with van der Waals surface area (Å²) in [5.41, 5.74) is -0.537. The summed E-state index contributed by atoms with van der Waals surface area (Å²) in [5.74, 6) is -1.14. The van der Waals surface area contributed by atoms with E-state index in [-0.39, 0.29) is 22.6 Å². The molecule has 0 aromatic heterocycles. The first-order valence-corrected chi connectivity index (χ1v) is 10.7. The second-order valence-electron chi connectivity index (χ2n) is 7.67. The van der Waals surface area contributed by atoms with E-state index in [4.69, 9.17) is 0 Å². The normalized spacial score (nSPS) is 24.6. The van der Waals surface area contributed by atoms with Crippen molar-refractivity contribution in [2.45, 2.75) is 55.6 Å². The third kappa shape index (κ3) is 3.49.